The van der Waals surface area contributed by atoms with E-state index in [-0.39, 0.29) is 0 Å². The number of rotatable bonds is 5. The van der Waals surface area contributed by atoms with E-state index >= 15 is 0 Å². The maximum Gasteiger partial charge on any atom is 0.118 e. The first kappa shape index (κ1) is 17.8. The number of ether oxygens (including phenoxy) is 1. The van der Waals surface area contributed by atoms with Crippen LogP contribution in [0.1, 0.15) is 18.1 Å². The molecule has 3 rings (SSSR count). The number of hydrogen-bond acceptors (Lipinski definition) is 3. The normalized spacial score (nSPS) is 16.1. The zero-order chi connectivity index (χ0) is 17.6. The molecular weight excluding hydrogens is 334 g/mol. The lowest BCUT2D eigenvalue weighted by Gasteiger charge is -2.31. The number of hydrazone groups is 1. The number of halogens is 1. The molecular formula is C20H25ClN3O+. The predicted octanol–water partition coefficient (Wildman–Crippen LogP) is 2.47. The zero-order valence-corrected chi connectivity index (χ0v) is 15.6. The average Bonchev–Trinajstić information content (AvgIpc) is 2.65. The van der Waals surface area contributed by atoms with E-state index < -0.39 is 0 Å². The molecule has 0 amide bonds. The van der Waals surface area contributed by atoms with Crippen LogP contribution in [0, 0.1) is 0 Å². The fourth-order valence-electron chi connectivity index (χ4n) is 3.10. The van der Waals surface area contributed by atoms with Crippen molar-refractivity contribution in [3.8, 4) is 5.75 Å². The van der Waals surface area contributed by atoms with Crippen LogP contribution in [-0.2, 0) is 6.54 Å². The molecule has 0 unspecified atom stereocenters. The molecule has 0 radical (unpaired) electrons. The van der Waals surface area contributed by atoms with Gasteiger partial charge in [-0.1, -0.05) is 29.8 Å². The SMILES string of the molecule is COc1ccc(/C(C)=N/N2CC[NH+](Cc3ccccc3Cl)CC2)cc1. The summed E-state index contributed by atoms with van der Waals surface area (Å²) in [7, 11) is 1.68. The smallest absolute Gasteiger partial charge is 0.118 e. The van der Waals surface area contributed by atoms with Gasteiger partial charge in [0.05, 0.1) is 39.0 Å². The number of nitrogens with one attached hydrogen (secondary N) is 1. The number of nitrogens with zero attached hydrogens (tertiary/aromatic N) is 2. The molecule has 0 aliphatic carbocycles. The lowest BCUT2D eigenvalue weighted by Crippen LogP contribution is -3.13. The predicted molar refractivity (Wildman–Crippen MR) is 103 cm³/mol. The minimum atomic E-state index is 0.866. The molecule has 4 nitrogen and oxygen atoms in total. The number of quaternary nitrogens is 1. The third-order valence-corrected chi connectivity index (χ3v) is 5.01. The van der Waals surface area contributed by atoms with Gasteiger partial charge >= 0.3 is 0 Å². The van der Waals surface area contributed by atoms with Crippen molar-refractivity contribution >= 4 is 17.3 Å². The van der Waals surface area contributed by atoms with Gasteiger partial charge in [-0.3, -0.25) is 5.01 Å². The Morgan fingerprint density at radius 2 is 1.80 bits per heavy atom. The van der Waals surface area contributed by atoms with Crippen molar-refractivity contribution in [2.75, 3.05) is 33.3 Å². The van der Waals surface area contributed by atoms with E-state index in [1.165, 1.54) is 5.56 Å². The van der Waals surface area contributed by atoms with E-state index in [9.17, 15) is 0 Å². The number of piperazine rings is 1. The number of hydrogen-bond donors (Lipinski definition) is 1. The largest absolute Gasteiger partial charge is 0.497 e. The Morgan fingerprint density at radius 3 is 2.44 bits per heavy atom. The molecule has 5 heteroatoms. The van der Waals surface area contributed by atoms with Crippen LogP contribution in [0.15, 0.2) is 53.6 Å². The summed E-state index contributed by atoms with van der Waals surface area (Å²) in [6, 6.07) is 16.2. The van der Waals surface area contributed by atoms with Crippen LogP contribution in [-0.4, -0.2) is 44.0 Å². The monoisotopic (exact) mass is 358 g/mol. The summed E-state index contributed by atoms with van der Waals surface area (Å²) in [5.41, 5.74) is 3.40. The average molecular weight is 359 g/mol. The second-order valence-electron chi connectivity index (χ2n) is 6.39. The van der Waals surface area contributed by atoms with Crippen molar-refractivity contribution in [2.24, 2.45) is 5.10 Å². The van der Waals surface area contributed by atoms with Gasteiger partial charge in [-0.25, -0.2) is 0 Å². The highest BCUT2D eigenvalue weighted by Crippen LogP contribution is 2.14. The molecule has 1 N–H and O–H groups in total. The van der Waals surface area contributed by atoms with Gasteiger partial charge in [0.2, 0.25) is 0 Å². The van der Waals surface area contributed by atoms with Crippen molar-refractivity contribution in [1.82, 2.24) is 5.01 Å². The van der Waals surface area contributed by atoms with Crippen LogP contribution in [0.5, 0.6) is 5.75 Å². The maximum atomic E-state index is 6.28. The van der Waals surface area contributed by atoms with Gasteiger partial charge in [-0.15, -0.1) is 0 Å². The molecule has 25 heavy (non-hydrogen) atoms. The first-order valence-electron chi connectivity index (χ1n) is 8.67. The summed E-state index contributed by atoms with van der Waals surface area (Å²) < 4.78 is 5.21. The lowest BCUT2D eigenvalue weighted by atomic mass is 10.1. The first-order chi connectivity index (χ1) is 12.2. The fraction of sp³-hybridized carbons (Fsp3) is 0.350. The van der Waals surface area contributed by atoms with Gasteiger partial charge in [0.25, 0.3) is 0 Å². The quantitative estimate of drug-likeness (QED) is 0.832. The Bertz CT molecular complexity index is 722. The van der Waals surface area contributed by atoms with E-state index in [0.717, 1.165) is 54.8 Å². The highest BCUT2D eigenvalue weighted by molar-refractivity contribution is 6.31. The highest BCUT2D eigenvalue weighted by Gasteiger charge is 2.20. The van der Waals surface area contributed by atoms with Gasteiger partial charge in [-0.2, -0.15) is 5.10 Å². The van der Waals surface area contributed by atoms with Gasteiger partial charge in [0, 0.05) is 10.6 Å². The van der Waals surface area contributed by atoms with Crippen LogP contribution >= 0.6 is 11.6 Å². The van der Waals surface area contributed by atoms with Crippen molar-refractivity contribution in [1.29, 1.82) is 0 Å². The summed E-state index contributed by atoms with van der Waals surface area (Å²) in [5.74, 6) is 0.869. The molecule has 1 heterocycles. The van der Waals surface area contributed by atoms with Crippen LogP contribution in [0.25, 0.3) is 0 Å². The lowest BCUT2D eigenvalue weighted by molar-refractivity contribution is -0.918. The molecule has 0 bridgehead atoms. The Kier molecular flexibility index (Phi) is 5.95. The van der Waals surface area contributed by atoms with Crippen LogP contribution in [0.2, 0.25) is 5.02 Å². The molecule has 0 aromatic heterocycles. The van der Waals surface area contributed by atoms with Crippen molar-refractivity contribution in [3.05, 3.63) is 64.7 Å². The van der Waals surface area contributed by atoms with Gasteiger partial charge in [0.15, 0.2) is 0 Å². The van der Waals surface area contributed by atoms with E-state index in [0.29, 0.717) is 0 Å². The molecule has 1 saturated heterocycles. The Labute approximate surface area is 154 Å². The molecule has 132 valence electrons. The summed E-state index contributed by atoms with van der Waals surface area (Å²) in [6.07, 6.45) is 0. The van der Waals surface area contributed by atoms with Crippen molar-refractivity contribution in [3.63, 3.8) is 0 Å². The molecule has 1 fully saturated rings. The summed E-state index contributed by atoms with van der Waals surface area (Å²) in [6.45, 7) is 7.12. The fourth-order valence-corrected chi connectivity index (χ4v) is 3.30. The molecule has 0 atom stereocenters. The highest BCUT2D eigenvalue weighted by atomic mass is 35.5. The molecule has 1 aliphatic rings. The minimum absolute atomic E-state index is 0.866. The van der Waals surface area contributed by atoms with Crippen LogP contribution < -0.4 is 9.64 Å². The maximum absolute atomic E-state index is 6.28. The van der Waals surface area contributed by atoms with E-state index in [1.54, 1.807) is 12.0 Å². The topological polar surface area (TPSA) is 29.3 Å². The second-order valence-corrected chi connectivity index (χ2v) is 6.79. The standard InChI is InChI=1S/C20H24ClN3O/c1-16(17-7-9-19(25-2)10-8-17)22-24-13-11-23(12-14-24)15-18-5-3-4-6-20(18)21/h3-10H,11-15H2,1-2H3/p+1/b22-16+. The van der Waals surface area contributed by atoms with E-state index in [1.807, 2.05) is 24.3 Å². The third kappa shape index (κ3) is 4.74. The Balaban J connectivity index is 1.55. The van der Waals surface area contributed by atoms with Crippen molar-refractivity contribution < 1.29 is 9.64 Å². The third-order valence-electron chi connectivity index (χ3n) is 4.64. The van der Waals surface area contributed by atoms with Crippen molar-refractivity contribution in [2.45, 2.75) is 13.5 Å². The van der Waals surface area contributed by atoms with Gasteiger partial charge < -0.3 is 9.64 Å². The second kappa shape index (κ2) is 8.37. The van der Waals surface area contributed by atoms with Crippen LogP contribution in [0.3, 0.4) is 0 Å². The molecule has 0 saturated carbocycles. The molecule has 1 aliphatic heterocycles. The van der Waals surface area contributed by atoms with E-state index in [2.05, 4.69) is 36.2 Å². The summed E-state index contributed by atoms with van der Waals surface area (Å²) >= 11 is 6.28. The van der Waals surface area contributed by atoms with Gasteiger partial charge in [-0.05, 0) is 42.8 Å². The zero-order valence-electron chi connectivity index (χ0n) is 14.8. The van der Waals surface area contributed by atoms with Crippen LogP contribution in [0.4, 0.5) is 0 Å². The Hall–Kier alpha value is -2.04. The molecule has 0 spiro atoms. The Morgan fingerprint density at radius 1 is 1.12 bits per heavy atom. The van der Waals surface area contributed by atoms with E-state index in [4.69, 9.17) is 21.4 Å². The minimum Gasteiger partial charge on any atom is -0.497 e. The molecule has 2 aromatic rings. The number of methoxy groups -OCH3 is 1. The van der Waals surface area contributed by atoms with Gasteiger partial charge in [0.1, 0.15) is 12.3 Å². The number of benzene rings is 2. The summed E-state index contributed by atoms with van der Waals surface area (Å²) in [5, 5.41) is 7.83. The first-order valence-corrected chi connectivity index (χ1v) is 9.05. The summed E-state index contributed by atoms with van der Waals surface area (Å²) in [4.78, 5) is 1.56. The molecule has 2 aromatic carbocycles.